The van der Waals surface area contributed by atoms with Crippen molar-refractivity contribution in [1.29, 1.82) is 0 Å². The summed E-state index contributed by atoms with van der Waals surface area (Å²) in [5, 5.41) is 11.2. The molecule has 0 aliphatic rings. The number of nitrogens with one attached hydrogen (secondary N) is 2. The Balaban J connectivity index is 1.86. The molecule has 0 radical (unpaired) electrons. The number of carbonyl (C=O) groups excluding carboxylic acids is 2. The molecule has 160 valence electrons. The number of benzene rings is 2. The molecule has 0 aliphatic heterocycles. The van der Waals surface area contributed by atoms with Gasteiger partial charge in [-0.25, -0.2) is 13.2 Å². The van der Waals surface area contributed by atoms with E-state index in [9.17, 15) is 22.8 Å². The molecule has 0 spiro atoms. The van der Waals surface area contributed by atoms with E-state index in [0.29, 0.717) is 5.56 Å². The van der Waals surface area contributed by atoms with Crippen LogP contribution >= 0.6 is 0 Å². The number of hydrogen-bond donors (Lipinski definition) is 4. The zero-order valence-corrected chi connectivity index (χ0v) is 15.9. The van der Waals surface area contributed by atoms with Gasteiger partial charge in [0, 0.05) is 12.2 Å². The van der Waals surface area contributed by atoms with Crippen molar-refractivity contribution in [2.45, 2.75) is 0 Å². The van der Waals surface area contributed by atoms with Crippen molar-refractivity contribution >= 4 is 35.9 Å². The third kappa shape index (κ3) is 8.23. The van der Waals surface area contributed by atoms with Gasteiger partial charge in [0.05, 0.1) is 0 Å². The van der Waals surface area contributed by atoms with E-state index in [4.69, 9.17) is 11.5 Å². The number of halogens is 3. The summed E-state index contributed by atoms with van der Waals surface area (Å²) in [6.45, 7) is 0. The SMILES string of the molecule is NC(=NN=C(N)NC(=O)C=Cc1ccc(F)c(F)c1)NC(=O)C=Cc1ccc(F)cc1. The van der Waals surface area contributed by atoms with E-state index in [1.165, 1.54) is 42.5 Å². The van der Waals surface area contributed by atoms with Crippen LogP contribution in [0.1, 0.15) is 11.1 Å². The van der Waals surface area contributed by atoms with Gasteiger partial charge >= 0.3 is 0 Å². The fraction of sp³-hybridized carbons (Fsp3) is 0. The number of rotatable bonds is 5. The zero-order chi connectivity index (χ0) is 22.8. The predicted octanol–water partition coefficient (Wildman–Crippen LogP) is 1.61. The molecule has 0 bridgehead atoms. The summed E-state index contributed by atoms with van der Waals surface area (Å²) >= 11 is 0. The van der Waals surface area contributed by atoms with Crippen molar-refractivity contribution in [3.8, 4) is 0 Å². The first kappa shape index (κ1) is 22.9. The molecule has 2 aromatic rings. The van der Waals surface area contributed by atoms with Crippen molar-refractivity contribution in [2.24, 2.45) is 21.7 Å². The van der Waals surface area contributed by atoms with Gasteiger partial charge in [0.1, 0.15) is 5.82 Å². The molecule has 2 amide bonds. The van der Waals surface area contributed by atoms with Crippen LogP contribution in [0.15, 0.2) is 64.8 Å². The lowest BCUT2D eigenvalue weighted by Gasteiger charge is -2.01. The fourth-order valence-electron chi connectivity index (χ4n) is 2.03. The highest BCUT2D eigenvalue weighted by Crippen LogP contribution is 2.09. The molecule has 0 aliphatic carbocycles. The summed E-state index contributed by atoms with van der Waals surface area (Å²) in [6, 6.07) is 8.55. The van der Waals surface area contributed by atoms with Gasteiger partial charge in [0.15, 0.2) is 11.6 Å². The van der Waals surface area contributed by atoms with E-state index >= 15 is 0 Å². The Morgan fingerprint density at radius 1 is 0.742 bits per heavy atom. The van der Waals surface area contributed by atoms with Crippen LogP contribution < -0.4 is 22.1 Å². The van der Waals surface area contributed by atoms with Gasteiger partial charge in [-0.2, -0.15) is 0 Å². The summed E-state index contributed by atoms with van der Waals surface area (Å²) in [7, 11) is 0. The number of hydrogen-bond acceptors (Lipinski definition) is 4. The maximum atomic E-state index is 13.1. The maximum Gasteiger partial charge on any atom is 0.250 e. The van der Waals surface area contributed by atoms with Gasteiger partial charge in [-0.3, -0.25) is 20.2 Å². The Morgan fingerprint density at radius 3 is 1.74 bits per heavy atom. The second-order valence-electron chi connectivity index (χ2n) is 5.84. The number of guanidine groups is 2. The molecule has 0 atom stereocenters. The van der Waals surface area contributed by atoms with Crippen LogP contribution in [0.3, 0.4) is 0 Å². The minimum absolute atomic E-state index is 0.253. The minimum Gasteiger partial charge on any atom is -0.368 e. The van der Waals surface area contributed by atoms with Crippen LogP contribution in [-0.4, -0.2) is 23.7 Å². The standard InChI is InChI=1S/C20H17F3N6O2/c21-14-6-1-12(2-7-14)4-9-17(30)26-19(24)28-29-20(25)27-18(31)10-5-13-3-8-15(22)16(23)11-13/h1-11H,(H3,24,26,28,30)(H3,25,27,29,31). The first-order chi connectivity index (χ1) is 14.7. The molecule has 6 N–H and O–H groups in total. The van der Waals surface area contributed by atoms with Gasteiger partial charge in [0.25, 0.3) is 11.8 Å². The Bertz CT molecular complexity index is 1080. The Hall–Kier alpha value is -4.41. The van der Waals surface area contributed by atoms with Gasteiger partial charge in [-0.05, 0) is 47.5 Å². The highest BCUT2D eigenvalue weighted by Gasteiger charge is 2.03. The normalized spacial score (nSPS) is 12.4. The Kier molecular flexibility index (Phi) is 8.08. The van der Waals surface area contributed by atoms with Crippen molar-refractivity contribution in [2.75, 3.05) is 0 Å². The number of nitrogens with two attached hydrogens (primary N) is 2. The van der Waals surface area contributed by atoms with Crippen LogP contribution in [0.25, 0.3) is 12.2 Å². The molecular weight excluding hydrogens is 413 g/mol. The quantitative estimate of drug-likeness (QED) is 0.248. The summed E-state index contributed by atoms with van der Waals surface area (Å²) < 4.78 is 38.8. The lowest BCUT2D eigenvalue weighted by atomic mass is 10.2. The molecular formula is C20H17F3N6O2. The molecule has 8 nitrogen and oxygen atoms in total. The van der Waals surface area contributed by atoms with E-state index in [-0.39, 0.29) is 5.56 Å². The Labute approximate surface area is 174 Å². The lowest BCUT2D eigenvalue weighted by Crippen LogP contribution is -2.37. The van der Waals surface area contributed by atoms with E-state index in [2.05, 4.69) is 20.8 Å². The van der Waals surface area contributed by atoms with E-state index < -0.39 is 41.2 Å². The summed E-state index contributed by atoms with van der Waals surface area (Å²) in [5.41, 5.74) is 11.8. The number of amides is 2. The topological polar surface area (TPSA) is 135 Å². The van der Waals surface area contributed by atoms with Gasteiger partial charge < -0.3 is 11.5 Å². The van der Waals surface area contributed by atoms with Crippen LogP contribution in [0.2, 0.25) is 0 Å². The summed E-state index contributed by atoms with van der Waals surface area (Å²) in [5.74, 6) is -4.64. The zero-order valence-electron chi connectivity index (χ0n) is 15.9. The van der Waals surface area contributed by atoms with Gasteiger partial charge in [-0.15, -0.1) is 10.2 Å². The van der Waals surface area contributed by atoms with Crippen molar-refractivity contribution in [3.63, 3.8) is 0 Å². The van der Waals surface area contributed by atoms with Crippen molar-refractivity contribution < 1.29 is 22.8 Å². The van der Waals surface area contributed by atoms with Crippen molar-refractivity contribution in [3.05, 3.63) is 83.2 Å². The second-order valence-corrected chi connectivity index (χ2v) is 5.84. The average Bonchev–Trinajstić information content (AvgIpc) is 2.72. The first-order valence-corrected chi connectivity index (χ1v) is 8.58. The molecule has 0 aromatic heterocycles. The molecule has 0 heterocycles. The smallest absolute Gasteiger partial charge is 0.250 e. The second kappa shape index (κ2) is 11.0. The summed E-state index contributed by atoms with van der Waals surface area (Å²) in [4.78, 5) is 23.5. The van der Waals surface area contributed by atoms with Gasteiger partial charge in [0.2, 0.25) is 11.9 Å². The average molecular weight is 430 g/mol. The predicted molar refractivity (Wildman–Crippen MR) is 110 cm³/mol. The van der Waals surface area contributed by atoms with Gasteiger partial charge in [-0.1, -0.05) is 18.2 Å². The Morgan fingerprint density at radius 2 is 1.23 bits per heavy atom. The third-order valence-electron chi connectivity index (χ3n) is 3.44. The number of nitrogens with zero attached hydrogens (tertiary/aromatic N) is 2. The monoisotopic (exact) mass is 430 g/mol. The molecule has 31 heavy (non-hydrogen) atoms. The highest BCUT2D eigenvalue weighted by atomic mass is 19.2. The van der Waals surface area contributed by atoms with Crippen LogP contribution in [0.5, 0.6) is 0 Å². The van der Waals surface area contributed by atoms with E-state index in [0.717, 1.165) is 24.3 Å². The molecule has 2 rings (SSSR count). The number of carbonyl (C=O) groups is 2. The minimum atomic E-state index is -1.05. The fourth-order valence-corrected chi connectivity index (χ4v) is 2.03. The highest BCUT2D eigenvalue weighted by molar-refractivity contribution is 6.05. The maximum absolute atomic E-state index is 13.1. The molecule has 0 saturated heterocycles. The molecule has 0 unspecified atom stereocenters. The molecule has 2 aromatic carbocycles. The summed E-state index contributed by atoms with van der Waals surface area (Å²) in [6.07, 6.45) is 4.83. The van der Waals surface area contributed by atoms with Crippen LogP contribution in [0, 0.1) is 17.5 Å². The van der Waals surface area contributed by atoms with E-state index in [1.54, 1.807) is 0 Å². The third-order valence-corrected chi connectivity index (χ3v) is 3.44. The first-order valence-electron chi connectivity index (χ1n) is 8.58. The van der Waals surface area contributed by atoms with Crippen LogP contribution in [-0.2, 0) is 9.59 Å². The van der Waals surface area contributed by atoms with E-state index in [1.807, 2.05) is 0 Å². The lowest BCUT2D eigenvalue weighted by molar-refractivity contribution is -0.116. The molecule has 0 fully saturated rings. The largest absolute Gasteiger partial charge is 0.368 e. The van der Waals surface area contributed by atoms with Crippen molar-refractivity contribution in [1.82, 2.24) is 10.6 Å². The van der Waals surface area contributed by atoms with Crippen LogP contribution in [0.4, 0.5) is 13.2 Å². The molecule has 0 saturated carbocycles. The molecule has 11 heteroatoms.